The lowest BCUT2D eigenvalue weighted by Gasteiger charge is -2.40. The van der Waals surface area contributed by atoms with Crippen molar-refractivity contribution in [1.29, 1.82) is 0 Å². The van der Waals surface area contributed by atoms with Crippen LogP contribution in [0.4, 0.5) is 0 Å². The summed E-state index contributed by atoms with van der Waals surface area (Å²) in [6.07, 6.45) is 17.2. The highest BCUT2D eigenvalue weighted by atomic mass is 15.2. The predicted octanol–water partition coefficient (Wildman–Crippen LogP) is 3.77. The van der Waals surface area contributed by atoms with Crippen LogP contribution >= 0.6 is 0 Å². The van der Waals surface area contributed by atoms with Crippen molar-refractivity contribution < 1.29 is 0 Å². The van der Waals surface area contributed by atoms with E-state index in [2.05, 4.69) is 47.2 Å². The van der Waals surface area contributed by atoms with Crippen molar-refractivity contribution in [2.45, 2.75) is 44.8 Å². The van der Waals surface area contributed by atoms with Gasteiger partial charge in [0.25, 0.3) is 0 Å². The highest BCUT2D eigenvalue weighted by Gasteiger charge is 2.28. The van der Waals surface area contributed by atoms with Crippen molar-refractivity contribution in [1.82, 2.24) is 19.3 Å². The number of hydrogen-bond donors (Lipinski definition) is 0. The van der Waals surface area contributed by atoms with Crippen molar-refractivity contribution >= 4 is 5.78 Å². The van der Waals surface area contributed by atoms with Crippen molar-refractivity contribution in [3.63, 3.8) is 0 Å². The second-order valence-electron chi connectivity index (χ2n) is 6.26. The molecule has 1 aliphatic heterocycles. The SMILES string of the molecule is C=CC[C@H]1CC(C)=C[C@H](CC=C)N1Cc1cnc2nccn2c1. The first-order chi connectivity index (χ1) is 11.2. The van der Waals surface area contributed by atoms with Crippen LogP contribution in [0.5, 0.6) is 0 Å². The first-order valence-electron chi connectivity index (χ1n) is 8.13. The Morgan fingerprint density at radius 3 is 2.87 bits per heavy atom. The lowest BCUT2D eigenvalue weighted by Crippen LogP contribution is -2.44. The second kappa shape index (κ2) is 6.92. The van der Waals surface area contributed by atoms with E-state index in [-0.39, 0.29) is 0 Å². The third kappa shape index (κ3) is 3.42. The minimum Gasteiger partial charge on any atom is -0.291 e. The fourth-order valence-electron chi connectivity index (χ4n) is 3.43. The molecule has 0 radical (unpaired) electrons. The molecule has 2 aromatic rings. The van der Waals surface area contributed by atoms with E-state index in [4.69, 9.17) is 0 Å². The molecule has 2 aromatic heterocycles. The summed E-state index contributed by atoms with van der Waals surface area (Å²) >= 11 is 0. The number of rotatable bonds is 6. The normalized spacial score (nSPS) is 22.0. The molecule has 1 aliphatic rings. The van der Waals surface area contributed by atoms with Crippen molar-refractivity contribution in [2.75, 3.05) is 0 Å². The van der Waals surface area contributed by atoms with Crippen LogP contribution in [0.1, 0.15) is 31.7 Å². The summed E-state index contributed by atoms with van der Waals surface area (Å²) in [6.45, 7) is 11.0. The van der Waals surface area contributed by atoms with Crippen LogP contribution in [-0.4, -0.2) is 31.4 Å². The van der Waals surface area contributed by atoms with E-state index in [9.17, 15) is 0 Å². The first-order valence-corrected chi connectivity index (χ1v) is 8.13. The molecule has 0 saturated carbocycles. The first kappa shape index (κ1) is 15.7. The highest BCUT2D eigenvalue weighted by molar-refractivity contribution is 5.28. The maximum absolute atomic E-state index is 4.43. The number of aromatic nitrogens is 3. The van der Waals surface area contributed by atoms with Gasteiger partial charge in [-0.2, -0.15) is 0 Å². The Kier molecular flexibility index (Phi) is 4.72. The zero-order chi connectivity index (χ0) is 16.2. The van der Waals surface area contributed by atoms with Gasteiger partial charge in [-0.3, -0.25) is 9.30 Å². The van der Waals surface area contributed by atoms with Gasteiger partial charge in [0.1, 0.15) is 0 Å². The van der Waals surface area contributed by atoms with Crippen LogP contribution in [0.25, 0.3) is 5.78 Å². The van der Waals surface area contributed by atoms with Crippen LogP contribution in [0.15, 0.2) is 61.7 Å². The zero-order valence-corrected chi connectivity index (χ0v) is 13.7. The van der Waals surface area contributed by atoms with E-state index >= 15 is 0 Å². The van der Waals surface area contributed by atoms with E-state index in [1.54, 1.807) is 6.20 Å². The van der Waals surface area contributed by atoms with E-state index in [0.29, 0.717) is 12.1 Å². The van der Waals surface area contributed by atoms with Crippen molar-refractivity contribution in [3.8, 4) is 0 Å². The molecule has 0 N–H and O–H groups in total. The van der Waals surface area contributed by atoms with Gasteiger partial charge in [-0.25, -0.2) is 9.97 Å². The lowest BCUT2D eigenvalue weighted by atomic mass is 9.92. The maximum atomic E-state index is 4.43. The molecule has 0 aliphatic carbocycles. The molecular formula is C19H24N4. The third-order valence-electron chi connectivity index (χ3n) is 4.44. The molecule has 2 atom stereocenters. The van der Waals surface area contributed by atoms with E-state index in [1.807, 2.05) is 28.9 Å². The molecule has 0 fully saturated rings. The fraction of sp³-hybridized carbons (Fsp3) is 0.368. The summed E-state index contributed by atoms with van der Waals surface area (Å²) in [7, 11) is 0. The predicted molar refractivity (Wildman–Crippen MR) is 94.1 cm³/mol. The smallest absolute Gasteiger partial charge is 0.233 e. The summed E-state index contributed by atoms with van der Waals surface area (Å²) in [4.78, 5) is 11.2. The second-order valence-corrected chi connectivity index (χ2v) is 6.26. The molecule has 0 aromatic carbocycles. The van der Waals surface area contributed by atoms with Crippen molar-refractivity contribution in [3.05, 3.63) is 67.3 Å². The quantitative estimate of drug-likeness (QED) is 0.762. The van der Waals surface area contributed by atoms with Crippen LogP contribution in [0.2, 0.25) is 0 Å². The van der Waals surface area contributed by atoms with Crippen LogP contribution in [0, 0.1) is 0 Å². The Hall–Kier alpha value is -2.20. The van der Waals surface area contributed by atoms with Crippen LogP contribution in [0.3, 0.4) is 0 Å². The summed E-state index contributed by atoms with van der Waals surface area (Å²) in [5.74, 6) is 0.744. The molecule has 3 rings (SSSR count). The highest BCUT2D eigenvalue weighted by Crippen LogP contribution is 2.28. The van der Waals surface area contributed by atoms with Gasteiger partial charge in [0, 0.05) is 49.0 Å². The summed E-state index contributed by atoms with van der Waals surface area (Å²) in [5, 5.41) is 0. The zero-order valence-electron chi connectivity index (χ0n) is 13.7. The Labute approximate surface area is 137 Å². The number of hydrogen-bond acceptors (Lipinski definition) is 3. The van der Waals surface area contributed by atoms with Crippen LogP contribution < -0.4 is 0 Å². The average Bonchev–Trinajstić information content (AvgIpc) is 2.98. The molecule has 0 spiro atoms. The Balaban J connectivity index is 1.88. The minimum absolute atomic E-state index is 0.393. The number of imidazole rings is 1. The summed E-state index contributed by atoms with van der Waals surface area (Å²) in [6, 6.07) is 0.880. The molecule has 120 valence electrons. The summed E-state index contributed by atoms with van der Waals surface area (Å²) in [5.41, 5.74) is 2.66. The Morgan fingerprint density at radius 2 is 2.09 bits per heavy atom. The van der Waals surface area contributed by atoms with E-state index in [0.717, 1.165) is 31.6 Å². The average molecular weight is 308 g/mol. The lowest BCUT2D eigenvalue weighted by molar-refractivity contribution is 0.138. The van der Waals surface area contributed by atoms with Gasteiger partial charge in [-0.1, -0.05) is 23.8 Å². The Bertz CT molecular complexity index is 728. The van der Waals surface area contributed by atoms with Gasteiger partial charge in [0.15, 0.2) is 0 Å². The van der Waals surface area contributed by atoms with Gasteiger partial charge in [-0.15, -0.1) is 13.2 Å². The molecule has 4 heteroatoms. The third-order valence-corrected chi connectivity index (χ3v) is 4.44. The standard InChI is InChI=1S/C19H24N4/c1-4-6-17-10-15(3)11-18(7-5-2)23(17)14-16-12-21-19-20-8-9-22(19)13-16/h4-5,8-10,12-13,17-18H,1-2,6-7,11,14H2,3H3/t17-,18-/m0/s1. The van der Waals surface area contributed by atoms with Crippen molar-refractivity contribution in [2.24, 2.45) is 0 Å². The van der Waals surface area contributed by atoms with E-state index in [1.165, 1.54) is 11.1 Å². The Morgan fingerprint density at radius 1 is 1.26 bits per heavy atom. The maximum Gasteiger partial charge on any atom is 0.233 e. The minimum atomic E-state index is 0.393. The monoisotopic (exact) mass is 308 g/mol. The molecular weight excluding hydrogens is 284 g/mol. The molecule has 0 amide bonds. The molecule has 0 unspecified atom stereocenters. The largest absolute Gasteiger partial charge is 0.291 e. The van der Waals surface area contributed by atoms with Crippen LogP contribution in [-0.2, 0) is 6.54 Å². The number of fused-ring (bicyclic) bond motifs is 1. The van der Waals surface area contributed by atoms with Gasteiger partial charge < -0.3 is 0 Å². The number of nitrogens with zero attached hydrogens (tertiary/aromatic N) is 4. The van der Waals surface area contributed by atoms with Gasteiger partial charge >= 0.3 is 0 Å². The molecule has 0 saturated heterocycles. The topological polar surface area (TPSA) is 33.4 Å². The molecule has 0 bridgehead atoms. The summed E-state index contributed by atoms with van der Waals surface area (Å²) < 4.78 is 1.98. The van der Waals surface area contributed by atoms with Gasteiger partial charge in [0.2, 0.25) is 5.78 Å². The van der Waals surface area contributed by atoms with Gasteiger partial charge in [0.05, 0.1) is 0 Å². The van der Waals surface area contributed by atoms with E-state index < -0.39 is 0 Å². The molecule has 3 heterocycles. The fourth-order valence-corrected chi connectivity index (χ4v) is 3.43. The molecule has 4 nitrogen and oxygen atoms in total. The molecule has 23 heavy (non-hydrogen) atoms. The van der Waals surface area contributed by atoms with Gasteiger partial charge in [-0.05, 0) is 26.2 Å².